The first-order valence-electron chi connectivity index (χ1n) is 8.65. The number of alkyl halides is 3. The van der Waals surface area contributed by atoms with E-state index in [1.807, 2.05) is 24.3 Å². The molecule has 3 aromatic rings. The molecule has 0 aliphatic carbocycles. The molecule has 0 saturated carbocycles. The first-order valence-corrected chi connectivity index (χ1v) is 9.47. The van der Waals surface area contributed by atoms with Gasteiger partial charge in [0.25, 0.3) is 5.91 Å². The Morgan fingerprint density at radius 2 is 1.82 bits per heavy atom. The topological polar surface area (TPSA) is 29.5 Å². The maximum absolute atomic E-state index is 13.3. The number of benzene rings is 2. The zero-order valence-electron chi connectivity index (χ0n) is 14.9. The Morgan fingerprint density at radius 1 is 1.11 bits per heavy atom. The third kappa shape index (κ3) is 3.26. The number of carbonyl (C=O) groups excluding carboxylic acids is 1. The molecule has 7 heteroatoms. The van der Waals surface area contributed by atoms with Crippen LogP contribution in [0.2, 0.25) is 0 Å². The molecular formula is C21H16F3NO2S. The molecule has 0 fully saturated rings. The second-order valence-corrected chi connectivity index (χ2v) is 7.49. The predicted molar refractivity (Wildman–Crippen MR) is 103 cm³/mol. The number of ether oxygens (including phenoxy) is 1. The summed E-state index contributed by atoms with van der Waals surface area (Å²) in [6.45, 7) is 0.487. The molecule has 0 N–H and O–H groups in total. The fraction of sp³-hybridized carbons (Fsp3) is 0.190. The molecule has 0 atom stereocenters. The summed E-state index contributed by atoms with van der Waals surface area (Å²) >= 11 is 1.28. The van der Waals surface area contributed by atoms with Crippen LogP contribution < -0.4 is 9.64 Å². The lowest BCUT2D eigenvalue weighted by Crippen LogP contribution is -2.28. The fourth-order valence-corrected chi connectivity index (χ4v) is 4.50. The Balaban J connectivity index is 1.72. The van der Waals surface area contributed by atoms with Crippen molar-refractivity contribution in [1.82, 2.24) is 0 Å². The van der Waals surface area contributed by atoms with E-state index in [4.69, 9.17) is 4.74 Å². The van der Waals surface area contributed by atoms with E-state index in [0.29, 0.717) is 17.9 Å². The smallest absolute Gasteiger partial charge is 0.418 e. The van der Waals surface area contributed by atoms with Gasteiger partial charge >= 0.3 is 6.18 Å². The Morgan fingerprint density at radius 3 is 2.61 bits per heavy atom. The van der Waals surface area contributed by atoms with E-state index in [-0.39, 0.29) is 5.69 Å². The van der Waals surface area contributed by atoms with Crippen LogP contribution in [0.15, 0.2) is 54.6 Å². The van der Waals surface area contributed by atoms with Crippen molar-refractivity contribution in [1.29, 1.82) is 0 Å². The van der Waals surface area contributed by atoms with Gasteiger partial charge in [-0.2, -0.15) is 13.2 Å². The Hall–Kier alpha value is -2.80. The molecule has 0 spiro atoms. The van der Waals surface area contributed by atoms with E-state index in [2.05, 4.69) is 0 Å². The number of thiophene rings is 1. The van der Waals surface area contributed by atoms with Crippen molar-refractivity contribution in [3.05, 3.63) is 70.6 Å². The molecule has 2 aromatic carbocycles. The molecule has 2 heterocycles. The summed E-state index contributed by atoms with van der Waals surface area (Å²) < 4.78 is 45.7. The first kappa shape index (κ1) is 18.6. The highest BCUT2D eigenvalue weighted by Crippen LogP contribution is 2.42. The zero-order chi connectivity index (χ0) is 19.9. The number of amides is 1. The molecule has 3 nitrogen and oxygen atoms in total. The maximum Gasteiger partial charge on any atom is 0.418 e. The average molecular weight is 403 g/mol. The van der Waals surface area contributed by atoms with Crippen LogP contribution in [-0.2, 0) is 12.6 Å². The van der Waals surface area contributed by atoms with Crippen LogP contribution in [0, 0.1) is 0 Å². The second kappa shape index (κ2) is 6.98. The lowest BCUT2D eigenvalue weighted by atomic mass is 10.1. The van der Waals surface area contributed by atoms with Crippen molar-refractivity contribution in [2.45, 2.75) is 12.6 Å². The van der Waals surface area contributed by atoms with Crippen molar-refractivity contribution in [2.24, 2.45) is 0 Å². The molecule has 1 amide bonds. The summed E-state index contributed by atoms with van der Waals surface area (Å²) in [6, 6.07) is 14.4. The molecule has 0 bridgehead atoms. The highest BCUT2D eigenvalue weighted by atomic mass is 32.1. The lowest BCUT2D eigenvalue weighted by molar-refractivity contribution is -0.137. The molecule has 1 aliphatic heterocycles. The van der Waals surface area contributed by atoms with E-state index < -0.39 is 17.6 Å². The number of rotatable bonds is 2. The van der Waals surface area contributed by atoms with Crippen LogP contribution in [0.1, 0.15) is 20.8 Å². The van der Waals surface area contributed by atoms with Gasteiger partial charge in [-0.05, 0) is 35.9 Å². The Bertz CT molecular complexity index is 1040. The van der Waals surface area contributed by atoms with Gasteiger partial charge in [-0.1, -0.05) is 24.3 Å². The van der Waals surface area contributed by atoms with Crippen molar-refractivity contribution in [3.8, 4) is 16.2 Å². The summed E-state index contributed by atoms with van der Waals surface area (Å²) in [6.07, 6.45) is -3.90. The summed E-state index contributed by atoms with van der Waals surface area (Å²) in [5, 5.41) is 0. The van der Waals surface area contributed by atoms with E-state index in [9.17, 15) is 18.0 Å². The van der Waals surface area contributed by atoms with E-state index in [1.165, 1.54) is 36.6 Å². The first-order chi connectivity index (χ1) is 13.4. The highest BCUT2D eigenvalue weighted by molar-refractivity contribution is 7.17. The van der Waals surface area contributed by atoms with Crippen LogP contribution >= 0.6 is 11.3 Å². The van der Waals surface area contributed by atoms with E-state index in [1.54, 1.807) is 6.07 Å². The molecule has 1 aliphatic rings. The molecular weight excluding hydrogens is 387 g/mol. The molecule has 0 radical (unpaired) electrons. The van der Waals surface area contributed by atoms with Gasteiger partial charge in [0.05, 0.1) is 22.7 Å². The lowest BCUT2D eigenvalue weighted by Gasteiger charge is -2.21. The summed E-state index contributed by atoms with van der Waals surface area (Å²) in [5.41, 5.74) is 0.878. The quantitative estimate of drug-likeness (QED) is 0.554. The minimum atomic E-state index is -4.53. The molecule has 28 heavy (non-hydrogen) atoms. The van der Waals surface area contributed by atoms with Gasteiger partial charge in [-0.25, -0.2) is 0 Å². The van der Waals surface area contributed by atoms with Crippen LogP contribution in [0.25, 0.3) is 10.4 Å². The largest absolute Gasteiger partial charge is 0.493 e. The standard InChI is InChI=1S/C21H16F3NO2S/c1-25(16-8-4-3-7-15(16)21(22,23)24)20(26)18-12-13-10-11-27-17-9-5-2-6-14(17)19(13)28-18/h2-9,12H,10-11H2,1H3. The number of hydrogen-bond donors (Lipinski definition) is 0. The number of carbonyl (C=O) groups is 1. The normalized spacial score (nSPS) is 13.1. The van der Waals surface area contributed by atoms with Gasteiger partial charge in [0, 0.05) is 23.9 Å². The van der Waals surface area contributed by atoms with Crippen molar-refractivity contribution in [3.63, 3.8) is 0 Å². The fourth-order valence-electron chi connectivity index (χ4n) is 3.28. The maximum atomic E-state index is 13.3. The minimum absolute atomic E-state index is 0.160. The number of fused-ring (bicyclic) bond motifs is 3. The average Bonchev–Trinajstić information content (AvgIpc) is 3.03. The van der Waals surface area contributed by atoms with Crippen LogP contribution in [0.5, 0.6) is 5.75 Å². The minimum Gasteiger partial charge on any atom is -0.493 e. The number of para-hydroxylation sites is 2. The predicted octanol–water partition coefficient (Wildman–Crippen LogP) is 5.65. The van der Waals surface area contributed by atoms with Crippen molar-refractivity contribution < 1.29 is 22.7 Å². The third-order valence-electron chi connectivity index (χ3n) is 4.66. The summed E-state index contributed by atoms with van der Waals surface area (Å²) in [7, 11) is 1.37. The molecule has 0 saturated heterocycles. The van der Waals surface area contributed by atoms with Gasteiger partial charge in [-0.15, -0.1) is 11.3 Å². The van der Waals surface area contributed by atoms with Crippen LogP contribution in [-0.4, -0.2) is 19.6 Å². The monoisotopic (exact) mass is 403 g/mol. The summed E-state index contributed by atoms with van der Waals surface area (Å²) in [4.78, 5) is 15.4. The van der Waals surface area contributed by atoms with Gasteiger partial charge < -0.3 is 9.64 Å². The van der Waals surface area contributed by atoms with Crippen molar-refractivity contribution in [2.75, 3.05) is 18.6 Å². The molecule has 4 rings (SSSR count). The SMILES string of the molecule is CN(C(=O)c1cc2c(s1)-c1ccccc1OCC2)c1ccccc1C(F)(F)F. The van der Waals surface area contributed by atoms with Gasteiger partial charge in [0.15, 0.2) is 0 Å². The van der Waals surface area contributed by atoms with Gasteiger partial charge in [0.2, 0.25) is 0 Å². The summed E-state index contributed by atoms with van der Waals surface area (Å²) in [5.74, 6) is 0.283. The number of hydrogen-bond acceptors (Lipinski definition) is 3. The molecule has 1 aromatic heterocycles. The van der Waals surface area contributed by atoms with Crippen molar-refractivity contribution >= 4 is 22.9 Å². The third-order valence-corrected chi connectivity index (χ3v) is 5.85. The second-order valence-electron chi connectivity index (χ2n) is 6.44. The zero-order valence-corrected chi connectivity index (χ0v) is 15.7. The highest BCUT2D eigenvalue weighted by Gasteiger charge is 2.35. The molecule has 144 valence electrons. The molecule has 0 unspecified atom stereocenters. The Kier molecular flexibility index (Phi) is 4.63. The van der Waals surface area contributed by atoms with E-state index in [0.717, 1.165) is 32.7 Å². The number of nitrogens with zero attached hydrogens (tertiary/aromatic N) is 1. The van der Waals surface area contributed by atoms with Crippen LogP contribution in [0.4, 0.5) is 18.9 Å². The Labute approximate surface area is 164 Å². The van der Waals surface area contributed by atoms with Crippen LogP contribution in [0.3, 0.4) is 0 Å². The van der Waals surface area contributed by atoms with Gasteiger partial charge in [0.1, 0.15) is 5.75 Å². The number of anilines is 1. The van der Waals surface area contributed by atoms with Gasteiger partial charge in [-0.3, -0.25) is 4.79 Å². The van der Waals surface area contributed by atoms with E-state index >= 15 is 0 Å². The number of halogens is 3.